The van der Waals surface area contributed by atoms with Gasteiger partial charge in [-0.2, -0.15) is 4.31 Å². The van der Waals surface area contributed by atoms with Gasteiger partial charge in [-0.15, -0.1) is 11.3 Å². The van der Waals surface area contributed by atoms with E-state index in [0.717, 1.165) is 14.7 Å². The lowest BCUT2D eigenvalue weighted by atomic mass is 10.2. The van der Waals surface area contributed by atoms with Crippen LogP contribution in [-0.4, -0.2) is 68.3 Å². The normalized spacial score (nSPS) is 17.6. The molecule has 0 aliphatic carbocycles. The van der Waals surface area contributed by atoms with Crippen LogP contribution in [-0.2, 0) is 14.8 Å². The number of rotatable bonds is 7. The Labute approximate surface area is 198 Å². The van der Waals surface area contributed by atoms with E-state index in [2.05, 4.69) is 20.9 Å². The molecule has 3 aromatic rings. The third kappa shape index (κ3) is 4.71. The predicted octanol–water partition coefficient (Wildman–Crippen LogP) is 3.87. The fourth-order valence-electron chi connectivity index (χ4n) is 3.58. The van der Waals surface area contributed by atoms with Gasteiger partial charge in [-0.1, -0.05) is 33.3 Å². The van der Waals surface area contributed by atoms with Crippen molar-refractivity contribution in [3.05, 3.63) is 40.2 Å². The quantitative estimate of drug-likeness (QED) is 0.453. The highest BCUT2D eigenvalue weighted by molar-refractivity contribution is 9.10. The first kappa shape index (κ1) is 22.8. The number of hydrogen-bond acceptors (Lipinski definition) is 7. The van der Waals surface area contributed by atoms with Crippen LogP contribution in [0.5, 0.6) is 0 Å². The van der Waals surface area contributed by atoms with E-state index in [1.54, 1.807) is 22.4 Å². The maximum Gasteiger partial charge on any atom is 0.253 e. The van der Waals surface area contributed by atoms with Gasteiger partial charge >= 0.3 is 0 Å². The second-order valence-corrected chi connectivity index (χ2v) is 12.6. The van der Waals surface area contributed by atoms with Crippen LogP contribution < -0.4 is 4.90 Å². The van der Waals surface area contributed by atoms with Crippen molar-refractivity contribution in [1.82, 2.24) is 14.2 Å². The minimum absolute atomic E-state index is 0.211. The van der Waals surface area contributed by atoms with Crippen LogP contribution in [0.4, 0.5) is 5.13 Å². The predicted molar refractivity (Wildman–Crippen MR) is 129 cm³/mol. The van der Waals surface area contributed by atoms with Crippen molar-refractivity contribution < 1.29 is 13.2 Å². The summed E-state index contributed by atoms with van der Waals surface area (Å²) in [5.41, 5.74) is 0.820. The number of anilines is 1. The average molecular weight is 544 g/mol. The highest BCUT2D eigenvalue weighted by atomic mass is 79.9. The van der Waals surface area contributed by atoms with Crippen LogP contribution in [0.3, 0.4) is 0 Å². The lowest BCUT2D eigenvalue weighted by molar-refractivity contribution is -0.121. The van der Waals surface area contributed by atoms with E-state index in [9.17, 15) is 13.2 Å². The minimum Gasteiger partial charge on any atom is -0.308 e. The lowest BCUT2D eigenvalue weighted by Crippen LogP contribution is -2.49. The standard InChI is InChI=1S/C20H23BrN4O3S3/c1-23(2)10-11-24(20-22-15-8-7-14(21)13-17(15)30-20)19(26)16-5-3-9-25(16)31(27,28)18-6-4-12-29-18/h4,6-8,12-13,16H,3,5,9-11H2,1-2H3. The van der Waals surface area contributed by atoms with Gasteiger partial charge in [-0.3, -0.25) is 9.69 Å². The van der Waals surface area contributed by atoms with Gasteiger partial charge in [0.2, 0.25) is 5.91 Å². The van der Waals surface area contributed by atoms with Crippen LogP contribution in [0.15, 0.2) is 44.4 Å². The maximum atomic E-state index is 13.7. The van der Waals surface area contributed by atoms with Crippen LogP contribution in [0, 0.1) is 0 Å². The zero-order valence-electron chi connectivity index (χ0n) is 17.2. The molecule has 0 radical (unpaired) electrons. The zero-order valence-corrected chi connectivity index (χ0v) is 21.2. The summed E-state index contributed by atoms with van der Waals surface area (Å²) in [6.45, 7) is 1.44. The molecule has 0 saturated carbocycles. The van der Waals surface area contributed by atoms with Crippen LogP contribution in [0.25, 0.3) is 10.2 Å². The molecule has 31 heavy (non-hydrogen) atoms. The fraction of sp³-hybridized carbons (Fsp3) is 0.400. The molecule has 1 fully saturated rings. The molecule has 3 heterocycles. The van der Waals surface area contributed by atoms with E-state index >= 15 is 0 Å². The van der Waals surface area contributed by atoms with Crippen LogP contribution in [0.1, 0.15) is 12.8 Å². The van der Waals surface area contributed by atoms with Gasteiger partial charge in [0.15, 0.2) is 5.13 Å². The molecule has 1 aromatic carbocycles. The van der Waals surface area contributed by atoms with Crippen LogP contribution in [0.2, 0.25) is 0 Å². The van der Waals surface area contributed by atoms with Crippen molar-refractivity contribution in [1.29, 1.82) is 0 Å². The number of nitrogens with zero attached hydrogens (tertiary/aromatic N) is 4. The Hall–Kier alpha value is -1.37. The average Bonchev–Trinajstić information content (AvgIpc) is 3.47. The molecular weight excluding hydrogens is 520 g/mol. The Bertz CT molecular complexity index is 1180. The summed E-state index contributed by atoms with van der Waals surface area (Å²) in [7, 11) is 0.195. The summed E-state index contributed by atoms with van der Waals surface area (Å²) in [4.78, 5) is 22.0. The largest absolute Gasteiger partial charge is 0.308 e. The third-order valence-electron chi connectivity index (χ3n) is 5.15. The summed E-state index contributed by atoms with van der Waals surface area (Å²) in [6, 6.07) is 8.41. The number of benzene rings is 1. The number of halogens is 1. The van der Waals surface area contributed by atoms with E-state index in [1.807, 2.05) is 37.2 Å². The molecule has 1 aliphatic rings. The Morgan fingerprint density at radius 2 is 2.10 bits per heavy atom. The van der Waals surface area contributed by atoms with Gasteiger partial charge in [-0.05, 0) is 56.6 Å². The number of thiophene rings is 1. The lowest BCUT2D eigenvalue weighted by Gasteiger charge is -2.29. The van der Waals surface area contributed by atoms with Gasteiger partial charge < -0.3 is 4.90 Å². The molecule has 1 unspecified atom stereocenters. The fourth-order valence-corrected chi connectivity index (χ4v) is 7.90. The number of carbonyl (C=O) groups is 1. The number of sulfonamides is 1. The van der Waals surface area contributed by atoms with E-state index in [4.69, 9.17) is 0 Å². The van der Waals surface area contributed by atoms with Gasteiger partial charge in [0.25, 0.3) is 10.0 Å². The van der Waals surface area contributed by atoms with Crippen molar-refractivity contribution in [2.75, 3.05) is 38.6 Å². The molecule has 166 valence electrons. The number of hydrogen-bond donors (Lipinski definition) is 0. The first-order valence-electron chi connectivity index (χ1n) is 9.85. The Balaban J connectivity index is 1.67. The SMILES string of the molecule is CN(C)CCN(C(=O)C1CCCN1S(=O)(=O)c1cccs1)c1nc2ccc(Br)cc2s1. The van der Waals surface area contributed by atoms with E-state index in [0.29, 0.717) is 37.6 Å². The van der Waals surface area contributed by atoms with Crippen LogP contribution >= 0.6 is 38.6 Å². The first-order chi connectivity index (χ1) is 14.8. The number of thiazole rings is 1. The Kier molecular flexibility index (Phi) is 6.80. The summed E-state index contributed by atoms with van der Waals surface area (Å²) in [6.07, 6.45) is 1.17. The van der Waals surface area contributed by atoms with E-state index < -0.39 is 16.1 Å². The zero-order chi connectivity index (χ0) is 22.2. The summed E-state index contributed by atoms with van der Waals surface area (Å²) in [5, 5.41) is 2.34. The molecule has 1 aliphatic heterocycles. The summed E-state index contributed by atoms with van der Waals surface area (Å²) >= 11 is 6.10. The van der Waals surface area contributed by atoms with Crippen molar-refractivity contribution in [3.8, 4) is 0 Å². The number of likely N-dealkylation sites (N-methyl/N-ethyl adjacent to an activating group) is 1. The number of carbonyl (C=O) groups excluding carboxylic acids is 1. The van der Waals surface area contributed by atoms with Gasteiger partial charge in [-0.25, -0.2) is 13.4 Å². The molecule has 2 aromatic heterocycles. The smallest absolute Gasteiger partial charge is 0.253 e. The van der Waals surface area contributed by atoms with Gasteiger partial charge in [0.05, 0.1) is 10.2 Å². The molecule has 7 nitrogen and oxygen atoms in total. The van der Waals surface area contributed by atoms with Crippen molar-refractivity contribution in [2.45, 2.75) is 23.1 Å². The number of fused-ring (bicyclic) bond motifs is 1. The molecule has 1 amide bonds. The number of amides is 1. The van der Waals surface area contributed by atoms with E-state index in [-0.39, 0.29) is 10.1 Å². The van der Waals surface area contributed by atoms with E-state index in [1.165, 1.54) is 27.0 Å². The van der Waals surface area contributed by atoms with Crippen molar-refractivity contribution in [2.24, 2.45) is 0 Å². The second kappa shape index (κ2) is 9.24. The van der Waals surface area contributed by atoms with Crippen molar-refractivity contribution in [3.63, 3.8) is 0 Å². The summed E-state index contributed by atoms with van der Waals surface area (Å²) < 4.78 is 29.9. The molecule has 11 heteroatoms. The van der Waals surface area contributed by atoms with Gasteiger partial charge in [0.1, 0.15) is 10.3 Å². The molecule has 0 bridgehead atoms. The Morgan fingerprint density at radius 1 is 1.29 bits per heavy atom. The third-order valence-corrected chi connectivity index (χ3v) is 9.97. The first-order valence-corrected chi connectivity index (χ1v) is 13.8. The highest BCUT2D eigenvalue weighted by Crippen LogP contribution is 2.34. The summed E-state index contributed by atoms with van der Waals surface area (Å²) in [5.74, 6) is -0.211. The molecule has 0 spiro atoms. The Morgan fingerprint density at radius 3 is 2.81 bits per heavy atom. The topological polar surface area (TPSA) is 73.8 Å². The monoisotopic (exact) mass is 542 g/mol. The maximum absolute atomic E-state index is 13.7. The van der Waals surface area contributed by atoms with Crippen molar-refractivity contribution >= 4 is 69.9 Å². The molecule has 1 atom stereocenters. The van der Waals surface area contributed by atoms with Gasteiger partial charge in [0, 0.05) is 24.1 Å². The molecular formula is C20H23BrN4O3S3. The molecule has 4 rings (SSSR count). The number of aromatic nitrogens is 1. The minimum atomic E-state index is -3.70. The second-order valence-electron chi connectivity index (χ2n) is 7.61. The molecule has 1 saturated heterocycles. The molecule has 0 N–H and O–H groups in total. The highest BCUT2D eigenvalue weighted by Gasteiger charge is 2.42.